The Morgan fingerprint density at radius 3 is 2.55 bits per heavy atom. The summed E-state index contributed by atoms with van der Waals surface area (Å²) in [5.41, 5.74) is -0.794. The highest BCUT2D eigenvalue weighted by atomic mass is 35.5. The van der Waals surface area contributed by atoms with Crippen molar-refractivity contribution in [2.24, 2.45) is 0 Å². The number of nitrogens with zero attached hydrogens (tertiary/aromatic N) is 2. The molecule has 1 amide bonds. The maximum absolute atomic E-state index is 13.8. The van der Waals surface area contributed by atoms with Crippen LogP contribution in [0.15, 0.2) is 51.0 Å². The molecule has 33 heavy (non-hydrogen) atoms. The number of rotatable bonds is 5. The fourth-order valence-corrected chi connectivity index (χ4v) is 5.05. The molecule has 0 unspecified atom stereocenters. The van der Waals surface area contributed by atoms with E-state index in [1.165, 1.54) is 12.0 Å². The van der Waals surface area contributed by atoms with Gasteiger partial charge in [0.05, 0.1) is 29.4 Å². The molecule has 0 bridgehead atoms. The van der Waals surface area contributed by atoms with Gasteiger partial charge in [0.25, 0.3) is 11.5 Å². The van der Waals surface area contributed by atoms with Crippen molar-refractivity contribution in [2.75, 3.05) is 7.11 Å². The number of fused-ring (bicyclic) bond motifs is 1. The predicted octanol–water partition coefficient (Wildman–Crippen LogP) is 5.68. The third-order valence-corrected chi connectivity index (χ3v) is 7.13. The van der Waals surface area contributed by atoms with Gasteiger partial charge in [-0.15, -0.1) is 0 Å². The van der Waals surface area contributed by atoms with Gasteiger partial charge in [0, 0.05) is 22.4 Å². The lowest BCUT2D eigenvalue weighted by atomic mass is 10.2. The van der Waals surface area contributed by atoms with Crippen molar-refractivity contribution >= 4 is 52.5 Å². The van der Waals surface area contributed by atoms with Crippen LogP contribution in [0.4, 0.5) is 8.78 Å². The van der Waals surface area contributed by atoms with Crippen molar-refractivity contribution in [3.63, 3.8) is 0 Å². The normalized spacial score (nSPS) is 13.2. The van der Waals surface area contributed by atoms with Gasteiger partial charge in [-0.1, -0.05) is 41.0 Å². The highest BCUT2D eigenvalue weighted by Crippen LogP contribution is 2.41. The summed E-state index contributed by atoms with van der Waals surface area (Å²) in [6.45, 7) is 0.310. The molecule has 172 valence electrons. The Labute approximate surface area is 205 Å². The Bertz CT molecular complexity index is 1290. The Morgan fingerprint density at radius 2 is 1.91 bits per heavy atom. The van der Waals surface area contributed by atoms with Crippen LogP contribution in [0, 0.1) is 0 Å². The summed E-state index contributed by atoms with van der Waals surface area (Å²) >= 11 is 18.4. The molecule has 0 aliphatic carbocycles. The van der Waals surface area contributed by atoms with Crippen LogP contribution in [0.2, 0.25) is 10.0 Å². The number of ether oxygens (including phenoxy) is 1. The average molecular weight is 533 g/mol. The first kappa shape index (κ1) is 23.8. The quantitative estimate of drug-likeness (QED) is 0.428. The molecule has 1 aromatic carbocycles. The Kier molecular flexibility index (Phi) is 6.59. The number of alkyl halides is 3. The highest BCUT2D eigenvalue weighted by molar-refractivity contribution is 7.99. The molecule has 12 heteroatoms. The van der Waals surface area contributed by atoms with Gasteiger partial charge in [-0.25, -0.2) is 4.98 Å². The fraction of sp³-hybridized carbons (Fsp3) is 0.190. The number of nitrogens with one attached hydrogen (secondary N) is 1. The molecule has 0 atom stereocenters. The summed E-state index contributed by atoms with van der Waals surface area (Å²) in [6.07, 6.45) is 0. The van der Waals surface area contributed by atoms with Crippen LogP contribution < -0.4 is 10.3 Å². The van der Waals surface area contributed by atoms with Crippen LogP contribution >= 0.6 is 46.6 Å². The number of carbonyl (C=O) groups excluding carboxylic acids is 1. The Morgan fingerprint density at radius 1 is 1.21 bits per heavy atom. The SMILES string of the molecule is COc1ccc2c(n1)CN(C(=O)c1c(Sc3c(Cl)cccc3Cl)cc(C(F)(F)Cl)[nH]c1=O)C2. The molecular formula is C21H14Cl3F2N3O3S. The number of benzene rings is 1. The molecule has 2 aromatic heterocycles. The second-order valence-corrected chi connectivity index (χ2v) is 9.36. The third kappa shape index (κ3) is 4.82. The molecule has 0 spiro atoms. The van der Waals surface area contributed by atoms with Crippen molar-refractivity contribution < 1.29 is 18.3 Å². The first-order valence-corrected chi connectivity index (χ1v) is 11.3. The van der Waals surface area contributed by atoms with Crippen LogP contribution in [0.1, 0.15) is 27.3 Å². The average Bonchev–Trinajstić information content (AvgIpc) is 3.18. The number of hydrogen-bond donors (Lipinski definition) is 1. The van der Waals surface area contributed by atoms with Crippen LogP contribution in [0.3, 0.4) is 0 Å². The molecule has 3 heterocycles. The highest BCUT2D eigenvalue weighted by Gasteiger charge is 2.34. The number of halogens is 5. The van der Waals surface area contributed by atoms with Gasteiger partial charge in [0.1, 0.15) is 11.3 Å². The molecule has 0 saturated heterocycles. The summed E-state index contributed by atoms with van der Waals surface area (Å²) in [4.78, 5) is 34.2. The maximum atomic E-state index is 13.8. The van der Waals surface area contributed by atoms with E-state index in [9.17, 15) is 18.4 Å². The minimum absolute atomic E-state index is 0.0597. The smallest absolute Gasteiger partial charge is 0.362 e. The standard InChI is InChI=1S/C21H14Cl3F2N3O3S/c1-32-16-6-5-10-8-29(9-13(10)27-16)20(31)17-14(7-15(21(24,25)26)28-19(17)30)33-18-11(22)3-2-4-12(18)23/h2-7H,8-9H2,1H3,(H,28,30). The molecule has 1 N–H and O–H groups in total. The van der Waals surface area contributed by atoms with E-state index in [0.717, 1.165) is 23.4 Å². The number of methoxy groups -OCH3 is 1. The predicted molar refractivity (Wildman–Crippen MR) is 122 cm³/mol. The number of amides is 1. The minimum atomic E-state index is -3.86. The molecule has 1 aliphatic heterocycles. The zero-order valence-corrected chi connectivity index (χ0v) is 19.9. The first-order chi connectivity index (χ1) is 15.6. The summed E-state index contributed by atoms with van der Waals surface area (Å²) in [6, 6.07) is 9.11. The van der Waals surface area contributed by atoms with Gasteiger partial charge in [0.2, 0.25) is 5.88 Å². The van der Waals surface area contributed by atoms with Gasteiger partial charge in [-0.3, -0.25) is 9.59 Å². The van der Waals surface area contributed by atoms with E-state index >= 15 is 0 Å². The number of aromatic amines is 1. The van der Waals surface area contributed by atoms with E-state index in [-0.39, 0.29) is 33.6 Å². The van der Waals surface area contributed by atoms with E-state index in [2.05, 4.69) is 4.98 Å². The van der Waals surface area contributed by atoms with Gasteiger partial charge in [-0.2, -0.15) is 8.78 Å². The molecule has 0 radical (unpaired) electrons. The first-order valence-electron chi connectivity index (χ1n) is 9.37. The monoisotopic (exact) mass is 531 g/mol. The lowest BCUT2D eigenvalue weighted by molar-refractivity contribution is 0.0739. The van der Waals surface area contributed by atoms with E-state index in [0.29, 0.717) is 16.5 Å². The number of hydrogen-bond acceptors (Lipinski definition) is 5. The fourth-order valence-electron chi connectivity index (χ4n) is 3.31. The molecule has 1 aliphatic rings. The molecule has 3 aromatic rings. The lowest BCUT2D eigenvalue weighted by Crippen LogP contribution is -2.32. The van der Waals surface area contributed by atoms with Crippen LogP contribution in [-0.4, -0.2) is 27.9 Å². The topological polar surface area (TPSA) is 75.3 Å². The number of aromatic nitrogens is 2. The number of H-pyrrole nitrogens is 1. The van der Waals surface area contributed by atoms with Gasteiger partial charge < -0.3 is 14.6 Å². The van der Waals surface area contributed by atoms with Gasteiger partial charge in [0.15, 0.2) is 0 Å². The van der Waals surface area contributed by atoms with Crippen LogP contribution in [0.25, 0.3) is 0 Å². The summed E-state index contributed by atoms with van der Waals surface area (Å²) in [5.74, 6) is -0.275. The number of pyridine rings is 2. The molecular weight excluding hydrogens is 519 g/mol. The second-order valence-electron chi connectivity index (χ2n) is 7.02. The third-order valence-electron chi connectivity index (χ3n) is 4.89. The van der Waals surface area contributed by atoms with E-state index in [4.69, 9.17) is 39.5 Å². The minimum Gasteiger partial charge on any atom is -0.481 e. The van der Waals surface area contributed by atoms with Crippen molar-refractivity contribution in [1.82, 2.24) is 14.9 Å². The zero-order valence-electron chi connectivity index (χ0n) is 16.8. The largest absolute Gasteiger partial charge is 0.481 e. The Balaban J connectivity index is 1.77. The molecule has 4 rings (SSSR count). The van der Waals surface area contributed by atoms with Crippen molar-refractivity contribution in [3.05, 3.63) is 79.3 Å². The zero-order chi connectivity index (χ0) is 23.9. The van der Waals surface area contributed by atoms with Crippen LogP contribution in [-0.2, 0) is 18.5 Å². The van der Waals surface area contributed by atoms with E-state index < -0.39 is 22.5 Å². The summed E-state index contributed by atoms with van der Waals surface area (Å²) in [7, 11) is 1.48. The van der Waals surface area contributed by atoms with Crippen molar-refractivity contribution in [2.45, 2.75) is 28.3 Å². The van der Waals surface area contributed by atoms with Crippen molar-refractivity contribution in [1.29, 1.82) is 0 Å². The number of carbonyl (C=O) groups is 1. The summed E-state index contributed by atoms with van der Waals surface area (Å²) < 4.78 is 32.7. The van der Waals surface area contributed by atoms with Crippen LogP contribution in [0.5, 0.6) is 5.88 Å². The molecule has 0 fully saturated rings. The lowest BCUT2D eigenvalue weighted by Gasteiger charge is -2.19. The van der Waals surface area contributed by atoms with Crippen molar-refractivity contribution in [3.8, 4) is 5.88 Å². The summed E-state index contributed by atoms with van der Waals surface area (Å²) in [5, 5.41) is -3.39. The maximum Gasteiger partial charge on any atom is 0.362 e. The van der Waals surface area contributed by atoms with E-state index in [1.807, 2.05) is 4.98 Å². The Hall–Kier alpha value is -2.33. The van der Waals surface area contributed by atoms with Gasteiger partial charge in [-0.05, 0) is 41.4 Å². The molecule has 6 nitrogen and oxygen atoms in total. The van der Waals surface area contributed by atoms with Gasteiger partial charge >= 0.3 is 5.38 Å². The second kappa shape index (κ2) is 9.13. The molecule has 0 saturated carbocycles. The van der Waals surface area contributed by atoms with E-state index in [1.54, 1.807) is 30.3 Å².